The number of ether oxygens (including phenoxy) is 1. The first-order chi connectivity index (χ1) is 13.4. The van der Waals surface area contributed by atoms with Crippen LogP contribution in [0.4, 0.5) is 0 Å². The van der Waals surface area contributed by atoms with Crippen LogP contribution in [0.1, 0.15) is 73.4 Å². The van der Waals surface area contributed by atoms with Crippen molar-refractivity contribution in [3.63, 3.8) is 0 Å². The monoisotopic (exact) mass is 386 g/mol. The number of methoxy groups -OCH3 is 1. The third-order valence-electron chi connectivity index (χ3n) is 6.29. The van der Waals surface area contributed by atoms with Crippen LogP contribution >= 0.6 is 0 Å². The van der Waals surface area contributed by atoms with Crippen molar-refractivity contribution in [1.82, 2.24) is 10.2 Å². The highest BCUT2D eigenvalue weighted by atomic mass is 16.5. The molecule has 5 heteroatoms. The van der Waals surface area contributed by atoms with Crippen LogP contribution in [0.25, 0.3) is 0 Å². The Kier molecular flexibility index (Phi) is 6.76. The molecule has 28 heavy (non-hydrogen) atoms. The fourth-order valence-electron chi connectivity index (χ4n) is 4.45. The van der Waals surface area contributed by atoms with Gasteiger partial charge in [-0.05, 0) is 67.7 Å². The molecule has 0 unspecified atom stereocenters. The summed E-state index contributed by atoms with van der Waals surface area (Å²) in [6.07, 6.45) is 4.57. The number of piperidine rings is 1. The summed E-state index contributed by atoms with van der Waals surface area (Å²) in [4.78, 5) is 27.0. The molecule has 3 rings (SSSR count). The van der Waals surface area contributed by atoms with E-state index in [0.29, 0.717) is 37.5 Å². The Labute approximate surface area is 168 Å². The Morgan fingerprint density at radius 1 is 1.21 bits per heavy atom. The van der Waals surface area contributed by atoms with E-state index in [-0.39, 0.29) is 17.9 Å². The molecule has 5 nitrogen and oxygen atoms in total. The zero-order valence-electron chi connectivity index (χ0n) is 17.7. The van der Waals surface area contributed by atoms with E-state index < -0.39 is 0 Å². The number of benzene rings is 1. The van der Waals surface area contributed by atoms with Gasteiger partial charge in [-0.3, -0.25) is 9.59 Å². The zero-order valence-corrected chi connectivity index (χ0v) is 17.7. The number of hydrogen-bond donors (Lipinski definition) is 1. The van der Waals surface area contributed by atoms with Crippen LogP contribution in [0.5, 0.6) is 0 Å². The topological polar surface area (TPSA) is 58.6 Å². The smallest absolute Gasteiger partial charge is 0.253 e. The molecule has 0 spiro atoms. The lowest BCUT2D eigenvalue weighted by molar-refractivity contribution is -0.124. The van der Waals surface area contributed by atoms with Gasteiger partial charge in [0.1, 0.15) is 0 Å². The van der Waals surface area contributed by atoms with E-state index in [1.54, 1.807) is 7.11 Å². The van der Waals surface area contributed by atoms with Crippen molar-refractivity contribution in [1.29, 1.82) is 0 Å². The lowest BCUT2D eigenvalue weighted by atomic mass is 9.80. The summed E-state index contributed by atoms with van der Waals surface area (Å²) in [6.45, 7) is 7.81. The number of likely N-dealkylation sites (tertiary alicyclic amines) is 1. The molecule has 0 atom stereocenters. The maximum absolute atomic E-state index is 12.8. The molecule has 1 aromatic carbocycles. The first kappa shape index (κ1) is 20.8. The Hall–Kier alpha value is -1.88. The van der Waals surface area contributed by atoms with E-state index in [4.69, 9.17) is 4.74 Å². The van der Waals surface area contributed by atoms with Gasteiger partial charge < -0.3 is 15.0 Å². The third kappa shape index (κ3) is 4.93. The van der Waals surface area contributed by atoms with Crippen LogP contribution in [0.15, 0.2) is 18.2 Å². The van der Waals surface area contributed by atoms with Gasteiger partial charge in [-0.15, -0.1) is 0 Å². The van der Waals surface area contributed by atoms with Crippen molar-refractivity contribution in [3.05, 3.63) is 34.9 Å². The summed E-state index contributed by atoms with van der Waals surface area (Å²) in [5, 5.41) is 3.16. The molecule has 1 aliphatic heterocycles. The summed E-state index contributed by atoms with van der Waals surface area (Å²) in [5.41, 5.74) is 3.23. The number of amides is 2. The van der Waals surface area contributed by atoms with E-state index in [0.717, 1.165) is 31.2 Å². The predicted octanol–water partition coefficient (Wildman–Crippen LogP) is 3.65. The first-order valence-corrected chi connectivity index (χ1v) is 10.6. The van der Waals surface area contributed by atoms with Crippen LogP contribution in [0.3, 0.4) is 0 Å². The summed E-state index contributed by atoms with van der Waals surface area (Å²) in [7, 11) is 1.73. The molecule has 0 radical (unpaired) electrons. The number of carbonyl (C=O) groups excluding carboxylic acids is 2. The van der Waals surface area contributed by atoms with Gasteiger partial charge in [0.2, 0.25) is 5.91 Å². The molecular weight excluding hydrogens is 352 g/mol. The standard InChI is InChI=1S/C23H34N2O3/c1-15(2)21-6-5-18(11-16(21)3)23(27)25-9-7-19(8-10-25)24-22(26)14-17-12-20(13-17)28-4/h5-6,11,15,17,19-20H,7-10,12-14H2,1-4H3,(H,24,26). The van der Waals surface area contributed by atoms with Crippen molar-refractivity contribution in [2.75, 3.05) is 20.2 Å². The van der Waals surface area contributed by atoms with Gasteiger partial charge in [-0.2, -0.15) is 0 Å². The molecule has 0 aromatic heterocycles. The largest absolute Gasteiger partial charge is 0.381 e. The van der Waals surface area contributed by atoms with Gasteiger partial charge in [0, 0.05) is 38.2 Å². The Balaban J connectivity index is 1.45. The number of hydrogen-bond acceptors (Lipinski definition) is 3. The normalized spacial score (nSPS) is 22.8. The predicted molar refractivity (Wildman–Crippen MR) is 110 cm³/mol. The van der Waals surface area contributed by atoms with E-state index >= 15 is 0 Å². The van der Waals surface area contributed by atoms with E-state index in [9.17, 15) is 9.59 Å². The molecule has 2 aliphatic rings. The van der Waals surface area contributed by atoms with Gasteiger partial charge in [0.25, 0.3) is 5.91 Å². The van der Waals surface area contributed by atoms with Crippen LogP contribution in [0, 0.1) is 12.8 Å². The number of aryl methyl sites for hydroxylation is 1. The summed E-state index contributed by atoms with van der Waals surface area (Å²) >= 11 is 0. The summed E-state index contributed by atoms with van der Waals surface area (Å²) < 4.78 is 5.27. The van der Waals surface area contributed by atoms with E-state index in [2.05, 4.69) is 32.2 Å². The highest BCUT2D eigenvalue weighted by molar-refractivity contribution is 5.94. The van der Waals surface area contributed by atoms with E-state index in [1.807, 2.05) is 17.0 Å². The quantitative estimate of drug-likeness (QED) is 0.812. The van der Waals surface area contributed by atoms with Crippen LogP contribution in [-0.2, 0) is 9.53 Å². The second kappa shape index (κ2) is 9.08. The van der Waals surface area contributed by atoms with Gasteiger partial charge >= 0.3 is 0 Å². The molecule has 2 fully saturated rings. The van der Waals surface area contributed by atoms with Crippen LogP contribution in [-0.4, -0.2) is 49.1 Å². The summed E-state index contributed by atoms with van der Waals surface area (Å²) in [5.74, 6) is 1.17. The molecule has 2 amide bonds. The maximum atomic E-state index is 12.8. The van der Waals surface area contributed by atoms with Gasteiger partial charge in [0.05, 0.1) is 6.10 Å². The third-order valence-corrected chi connectivity index (χ3v) is 6.29. The maximum Gasteiger partial charge on any atom is 0.253 e. The van der Waals surface area contributed by atoms with Crippen molar-refractivity contribution in [2.24, 2.45) is 5.92 Å². The highest BCUT2D eigenvalue weighted by Crippen LogP contribution is 2.32. The van der Waals surface area contributed by atoms with Crippen molar-refractivity contribution in [3.8, 4) is 0 Å². The second-order valence-corrected chi connectivity index (χ2v) is 8.76. The highest BCUT2D eigenvalue weighted by Gasteiger charge is 2.31. The molecule has 0 bridgehead atoms. The minimum atomic E-state index is 0.100. The molecule has 1 saturated heterocycles. The Morgan fingerprint density at radius 3 is 2.46 bits per heavy atom. The molecule has 1 aromatic rings. The number of nitrogens with zero attached hydrogens (tertiary/aromatic N) is 1. The second-order valence-electron chi connectivity index (χ2n) is 8.76. The van der Waals surface area contributed by atoms with Gasteiger partial charge in [-0.1, -0.05) is 19.9 Å². The van der Waals surface area contributed by atoms with E-state index in [1.165, 1.54) is 11.1 Å². The number of rotatable bonds is 6. The van der Waals surface area contributed by atoms with Crippen molar-refractivity contribution >= 4 is 11.8 Å². The van der Waals surface area contributed by atoms with Gasteiger partial charge in [-0.25, -0.2) is 0 Å². The minimum absolute atomic E-state index is 0.100. The number of nitrogens with one attached hydrogen (secondary N) is 1. The fourth-order valence-corrected chi connectivity index (χ4v) is 4.45. The van der Waals surface area contributed by atoms with Gasteiger partial charge in [0.15, 0.2) is 0 Å². The average Bonchev–Trinajstić information content (AvgIpc) is 2.64. The molecule has 1 N–H and O–H groups in total. The molecular formula is C23H34N2O3. The van der Waals surface area contributed by atoms with Crippen LogP contribution < -0.4 is 5.32 Å². The zero-order chi connectivity index (χ0) is 20.3. The Morgan fingerprint density at radius 2 is 1.89 bits per heavy atom. The summed E-state index contributed by atoms with van der Waals surface area (Å²) in [6, 6.07) is 6.22. The van der Waals surface area contributed by atoms with Crippen molar-refractivity contribution < 1.29 is 14.3 Å². The SMILES string of the molecule is COC1CC(CC(=O)NC2CCN(C(=O)c3ccc(C(C)C)c(C)c3)CC2)C1. The van der Waals surface area contributed by atoms with Crippen molar-refractivity contribution in [2.45, 2.75) is 70.9 Å². The first-order valence-electron chi connectivity index (χ1n) is 10.6. The molecule has 154 valence electrons. The molecule has 1 saturated carbocycles. The van der Waals surface area contributed by atoms with Crippen LogP contribution in [0.2, 0.25) is 0 Å². The lowest BCUT2D eigenvalue weighted by Crippen LogP contribution is -2.47. The molecule has 1 aliphatic carbocycles. The average molecular weight is 387 g/mol. The lowest BCUT2D eigenvalue weighted by Gasteiger charge is -2.35. The fraction of sp³-hybridized carbons (Fsp3) is 0.652. The molecule has 1 heterocycles. The number of carbonyl (C=O) groups is 2. The minimum Gasteiger partial charge on any atom is -0.381 e. The Bertz CT molecular complexity index is 702.